The van der Waals surface area contributed by atoms with E-state index in [9.17, 15) is 24.3 Å². The Bertz CT molecular complexity index is 893. The van der Waals surface area contributed by atoms with E-state index in [1.165, 1.54) is 0 Å². The molecular formula is C25H42N6O5. The molecule has 5 N–H and O–H groups in total. The first kappa shape index (κ1) is 26.8. The van der Waals surface area contributed by atoms with Crippen LogP contribution in [0, 0.1) is 0 Å². The van der Waals surface area contributed by atoms with Crippen LogP contribution in [-0.4, -0.2) is 91.2 Å². The van der Waals surface area contributed by atoms with Crippen molar-refractivity contribution in [2.24, 2.45) is 0 Å². The van der Waals surface area contributed by atoms with Gasteiger partial charge in [-0.1, -0.05) is 0 Å². The summed E-state index contributed by atoms with van der Waals surface area (Å²) in [7, 11) is 0. The van der Waals surface area contributed by atoms with Crippen LogP contribution in [-0.2, 0) is 9.59 Å². The van der Waals surface area contributed by atoms with Gasteiger partial charge in [0, 0.05) is 22.2 Å². The first-order chi connectivity index (χ1) is 16.2. The molecule has 4 rings (SSSR count). The maximum Gasteiger partial charge on any atom is 0.325 e. The number of nitrogens with zero attached hydrogens (tertiary/aromatic N) is 2. The van der Waals surface area contributed by atoms with Crippen LogP contribution in [0.15, 0.2) is 0 Å². The van der Waals surface area contributed by atoms with Crippen molar-refractivity contribution in [3.05, 3.63) is 0 Å². The number of hydrogen-bond acceptors (Lipinski definition) is 7. The minimum absolute atomic E-state index is 0.302. The number of carbonyl (C=O) groups excluding carboxylic acids is 4. The Morgan fingerprint density at radius 3 is 1.19 bits per heavy atom. The van der Waals surface area contributed by atoms with E-state index in [1.807, 2.05) is 55.4 Å². The Morgan fingerprint density at radius 1 is 0.639 bits per heavy atom. The predicted octanol–water partition coefficient (Wildman–Crippen LogP) is 0.810. The number of nitrogens with one attached hydrogen (secondary N) is 4. The molecule has 4 aliphatic heterocycles. The van der Waals surface area contributed by atoms with Gasteiger partial charge in [0.25, 0.3) is 11.8 Å². The van der Waals surface area contributed by atoms with Gasteiger partial charge in [-0.05, 0) is 81.1 Å². The number of carbonyl (C=O) groups is 4. The van der Waals surface area contributed by atoms with E-state index in [1.54, 1.807) is 0 Å². The van der Waals surface area contributed by atoms with Gasteiger partial charge in [0.2, 0.25) is 0 Å². The van der Waals surface area contributed by atoms with Crippen LogP contribution in [0.4, 0.5) is 9.59 Å². The minimum Gasteiger partial charge on any atom is -0.389 e. The van der Waals surface area contributed by atoms with Crippen LogP contribution in [0.1, 0.15) is 81.1 Å². The highest BCUT2D eigenvalue weighted by Gasteiger charge is 2.60. The quantitative estimate of drug-likeness (QED) is 0.355. The molecule has 4 saturated heterocycles. The Labute approximate surface area is 213 Å². The second-order valence-electron chi connectivity index (χ2n) is 14.0. The van der Waals surface area contributed by atoms with Crippen LogP contribution < -0.4 is 21.3 Å². The Balaban J connectivity index is 1.47. The van der Waals surface area contributed by atoms with Gasteiger partial charge in [-0.2, -0.15) is 0 Å². The number of amides is 6. The maximum absolute atomic E-state index is 13.5. The second kappa shape index (κ2) is 7.88. The molecule has 0 atom stereocenters. The van der Waals surface area contributed by atoms with Crippen LogP contribution in [0.5, 0.6) is 0 Å². The number of aliphatic hydroxyl groups excluding tert-OH is 1. The normalized spacial score (nSPS) is 29.3. The van der Waals surface area contributed by atoms with E-state index in [4.69, 9.17) is 0 Å². The number of hydrogen-bond donors (Lipinski definition) is 5. The molecule has 4 heterocycles. The zero-order valence-electron chi connectivity index (χ0n) is 22.8. The summed E-state index contributed by atoms with van der Waals surface area (Å²) in [5.74, 6) is -0.769. The molecule has 11 nitrogen and oxygen atoms in total. The molecule has 0 bridgehead atoms. The van der Waals surface area contributed by atoms with Crippen molar-refractivity contribution in [2.45, 2.75) is 120 Å². The summed E-state index contributed by atoms with van der Waals surface area (Å²) in [6.07, 6.45) is 0.377. The van der Waals surface area contributed by atoms with Gasteiger partial charge in [0.15, 0.2) is 0 Å². The van der Waals surface area contributed by atoms with E-state index in [-0.39, 0.29) is 47.1 Å². The van der Waals surface area contributed by atoms with E-state index >= 15 is 0 Å². The summed E-state index contributed by atoms with van der Waals surface area (Å²) in [5.41, 5.74) is -3.67. The van der Waals surface area contributed by atoms with Crippen molar-refractivity contribution >= 4 is 23.9 Å². The topological polar surface area (TPSA) is 143 Å². The van der Waals surface area contributed by atoms with Crippen LogP contribution >= 0.6 is 0 Å². The molecule has 0 saturated carbocycles. The van der Waals surface area contributed by atoms with Crippen LogP contribution in [0.25, 0.3) is 0 Å². The SMILES string of the molecule is CC1(C)CC2(CC(C)(C)N1)NC(=O)N(CC(O)CN1C(=O)NC3(CC(C)(C)NC(C)(C)C3)C1=O)C2=O. The van der Waals surface area contributed by atoms with Crippen molar-refractivity contribution in [2.75, 3.05) is 13.1 Å². The third kappa shape index (κ3) is 4.72. The highest BCUT2D eigenvalue weighted by Crippen LogP contribution is 2.41. The van der Waals surface area contributed by atoms with Gasteiger partial charge in [-0.15, -0.1) is 0 Å². The monoisotopic (exact) mass is 506 g/mol. The Kier molecular flexibility index (Phi) is 5.87. The Hall–Kier alpha value is -2.24. The summed E-state index contributed by atoms with van der Waals surface area (Å²) in [4.78, 5) is 54.8. The molecular weight excluding hydrogens is 464 g/mol. The summed E-state index contributed by atoms with van der Waals surface area (Å²) in [6.45, 7) is 15.3. The summed E-state index contributed by atoms with van der Waals surface area (Å²) in [5, 5.41) is 23.6. The lowest BCUT2D eigenvalue weighted by Crippen LogP contribution is -2.68. The Morgan fingerprint density at radius 2 is 0.917 bits per heavy atom. The van der Waals surface area contributed by atoms with E-state index in [2.05, 4.69) is 21.3 Å². The molecule has 11 heteroatoms. The maximum atomic E-state index is 13.5. The van der Waals surface area contributed by atoms with Crippen molar-refractivity contribution in [1.29, 1.82) is 0 Å². The van der Waals surface area contributed by atoms with Gasteiger partial charge in [-0.25, -0.2) is 9.59 Å². The van der Waals surface area contributed by atoms with Crippen LogP contribution in [0.2, 0.25) is 0 Å². The van der Waals surface area contributed by atoms with Gasteiger partial charge in [-0.3, -0.25) is 19.4 Å². The van der Waals surface area contributed by atoms with Crippen LogP contribution in [0.3, 0.4) is 0 Å². The minimum atomic E-state index is -1.27. The largest absolute Gasteiger partial charge is 0.389 e. The van der Waals surface area contributed by atoms with Gasteiger partial charge >= 0.3 is 12.1 Å². The number of urea groups is 2. The van der Waals surface area contributed by atoms with E-state index < -0.39 is 29.2 Å². The zero-order chi connectivity index (χ0) is 27.1. The van der Waals surface area contributed by atoms with Crippen molar-refractivity contribution < 1.29 is 24.3 Å². The first-order valence-electron chi connectivity index (χ1n) is 12.7. The summed E-state index contributed by atoms with van der Waals surface area (Å²) >= 11 is 0. The third-order valence-electron chi connectivity index (χ3n) is 7.61. The highest BCUT2D eigenvalue weighted by atomic mass is 16.3. The van der Waals surface area contributed by atoms with E-state index in [0.29, 0.717) is 25.7 Å². The number of β-amino-alcohol motifs (C(OH)–C–C–N with tert-alkyl or cyclic N) is 1. The van der Waals surface area contributed by atoms with Crippen molar-refractivity contribution in [1.82, 2.24) is 31.1 Å². The molecule has 0 unspecified atom stereocenters. The second-order valence-corrected chi connectivity index (χ2v) is 14.0. The lowest BCUT2D eigenvalue weighted by molar-refractivity contribution is -0.136. The molecule has 0 aromatic carbocycles. The number of piperidine rings is 2. The highest BCUT2D eigenvalue weighted by molar-refractivity contribution is 6.08. The molecule has 36 heavy (non-hydrogen) atoms. The first-order valence-corrected chi connectivity index (χ1v) is 12.7. The molecule has 0 aromatic heterocycles. The van der Waals surface area contributed by atoms with Crippen molar-refractivity contribution in [3.63, 3.8) is 0 Å². The average Bonchev–Trinajstić information content (AvgIpc) is 2.95. The lowest BCUT2D eigenvalue weighted by atomic mass is 9.71. The lowest BCUT2D eigenvalue weighted by Gasteiger charge is -2.50. The summed E-state index contributed by atoms with van der Waals surface area (Å²) in [6, 6.07) is -1.13. The number of imide groups is 2. The standard InChI is InChI=1S/C25H42N6O5/c1-20(2)11-24(12-21(3,4)28-20)16(33)30(18(35)26-24)9-15(32)10-31-17(34)25(27-19(31)36)13-22(5,6)29-23(7,8)14-25/h15,28-29,32H,9-14H2,1-8H3,(H,26,35)(H,27,36). The molecule has 0 aromatic rings. The predicted molar refractivity (Wildman–Crippen MR) is 133 cm³/mol. The summed E-state index contributed by atoms with van der Waals surface area (Å²) < 4.78 is 0. The molecule has 6 amide bonds. The molecule has 2 spiro atoms. The fraction of sp³-hybridized carbons (Fsp3) is 0.840. The van der Waals surface area contributed by atoms with Crippen molar-refractivity contribution in [3.8, 4) is 0 Å². The van der Waals surface area contributed by atoms with Gasteiger partial charge < -0.3 is 26.4 Å². The average molecular weight is 507 g/mol. The number of rotatable bonds is 4. The molecule has 4 aliphatic rings. The molecule has 202 valence electrons. The third-order valence-corrected chi connectivity index (χ3v) is 7.61. The smallest absolute Gasteiger partial charge is 0.325 e. The fourth-order valence-electron chi connectivity index (χ4n) is 7.79. The van der Waals surface area contributed by atoms with Gasteiger partial charge in [0.05, 0.1) is 19.2 Å². The van der Waals surface area contributed by atoms with Gasteiger partial charge in [0.1, 0.15) is 11.1 Å². The van der Waals surface area contributed by atoms with E-state index in [0.717, 1.165) is 9.80 Å². The number of aliphatic hydroxyl groups is 1. The molecule has 0 aliphatic carbocycles. The zero-order valence-corrected chi connectivity index (χ0v) is 22.8. The fourth-order valence-corrected chi connectivity index (χ4v) is 7.79. The molecule has 0 radical (unpaired) electrons. The molecule has 4 fully saturated rings.